The Balaban J connectivity index is 1.52. The molecular formula is C12H11N3O3S. The van der Waals surface area contributed by atoms with E-state index in [9.17, 15) is 9.59 Å². The van der Waals surface area contributed by atoms with Crippen LogP contribution in [0, 0.1) is 5.92 Å². The molecule has 2 aromatic rings. The number of nitrogens with one attached hydrogen (secondary N) is 1. The van der Waals surface area contributed by atoms with E-state index >= 15 is 0 Å². The van der Waals surface area contributed by atoms with E-state index in [-0.39, 0.29) is 17.7 Å². The average Bonchev–Trinajstić information content (AvgIpc) is 2.98. The molecular weight excluding hydrogens is 266 g/mol. The van der Waals surface area contributed by atoms with E-state index < -0.39 is 0 Å². The molecule has 0 unspecified atom stereocenters. The highest BCUT2D eigenvalue weighted by molar-refractivity contribution is 7.12. The van der Waals surface area contributed by atoms with Gasteiger partial charge in [0.25, 0.3) is 5.91 Å². The van der Waals surface area contributed by atoms with E-state index in [0.29, 0.717) is 23.8 Å². The maximum Gasteiger partial charge on any atom is 0.263 e. The number of nitrogens with zero attached hydrogens (tertiary/aromatic N) is 2. The third-order valence-electron chi connectivity index (χ3n) is 2.96. The lowest BCUT2D eigenvalue weighted by molar-refractivity contribution is -0.123. The third-order valence-corrected chi connectivity index (χ3v) is 3.82. The zero-order valence-corrected chi connectivity index (χ0v) is 10.7. The second-order valence-electron chi connectivity index (χ2n) is 4.26. The maximum absolute atomic E-state index is 12.0. The number of carbonyl (C=O) groups excluding carboxylic acids is 2. The Morgan fingerprint density at radius 3 is 2.89 bits per heavy atom. The van der Waals surface area contributed by atoms with Gasteiger partial charge in [0.15, 0.2) is 5.82 Å². The van der Waals surface area contributed by atoms with Crippen molar-refractivity contribution in [2.75, 3.05) is 18.4 Å². The van der Waals surface area contributed by atoms with Crippen LogP contribution in [0.2, 0.25) is 0 Å². The summed E-state index contributed by atoms with van der Waals surface area (Å²) in [5.74, 6) is 0.0678. The second kappa shape index (κ2) is 4.85. The van der Waals surface area contributed by atoms with Crippen LogP contribution < -0.4 is 5.32 Å². The van der Waals surface area contributed by atoms with Gasteiger partial charge in [0, 0.05) is 19.2 Å². The van der Waals surface area contributed by atoms with Crippen molar-refractivity contribution in [1.29, 1.82) is 0 Å². The minimum atomic E-state index is -0.180. The first-order valence-electron chi connectivity index (χ1n) is 5.78. The van der Waals surface area contributed by atoms with Crippen LogP contribution in [-0.2, 0) is 4.79 Å². The predicted molar refractivity (Wildman–Crippen MR) is 68.8 cm³/mol. The van der Waals surface area contributed by atoms with E-state index in [2.05, 4.69) is 15.0 Å². The maximum atomic E-state index is 12.0. The van der Waals surface area contributed by atoms with Crippen LogP contribution in [0.3, 0.4) is 0 Å². The summed E-state index contributed by atoms with van der Waals surface area (Å²) in [7, 11) is 0. The van der Waals surface area contributed by atoms with Gasteiger partial charge in [0.05, 0.1) is 10.8 Å². The van der Waals surface area contributed by atoms with Crippen LogP contribution in [-0.4, -0.2) is 35.0 Å². The fourth-order valence-electron chi connectivity index (χ4n) is 1.87. The zero-order valence-electron chi connectivity index (χ0n) is 9.91. The van der Waals surface area contributed by atoms with Gasteiger partial charge < -0.3 is 14.7 Å². The van der Waals surface area contributed by atoms with Gasteiger partial charge in [-0.15, -0.1) is 11.3 Å². The summed E-state index contributed by atoms with van der Waals surface area (Å²) in [6.45, 7) is 0.890. The summed E-state index contributed by atoms with van der Waals surface area (Å²) in [6.07, 6.45) is 1.39. The first-order valence-corrected chi connectivity index (χ1v) is 6.66. The smallest absolute Gasteiger partial charge is 0.263 e. The summed E-state index contributed by atoms with van der Waals surface area (Å²) >= 11 is 1.41. The van der Waals surface area contributed by atoms with Crippen molar-refractivity contribution < 1.29 is 14.1 Å². The Morgan fingerprint density at radius 2 is 2.26 bits per heavy atom. The molecule has 6 nitrogen and oxygen atoms in total. The van der Waals surface area contributed by atoms with Crippen molar-refractivity contribution in [3.05, 3.63) is 34.7 Å². The van der Waals surface area contributed by atoms with Crippen molar-refractivity contribution >= 4 is 29.0 Å². The molecule has 0 bridgehead atoms. The van der Waals surface area contributed by atoms with Gasteiger partial charge in [-0.25, -0.2) is 0 Å². The molecule has 0 atom stereocenters. The Labute approximate surface area is 113 Å². The number of amides is 2. The highest BCUT2D eigenvalue weighted by Crippen LogP contribution is 2.22. The number of hydrogen-bond acceptors (Lipinski definition) is 5. The normalized spacial score (nSPS) is 15.1. The molecule has 0 radical (unpaired) electrons. The predicted octanol–water partition coefficient (Wildman–Crippen LogP) is 1.45. The summed E-state index contributed by atoms with van der Waals surface area (Å²) in [6, 6.07) is 5.20. The standard InChI is InChI=1S/C12H11N3O3S/c16-11(13-10-3-4-18-14-10)8-6-15(7-8)12(17)9-2-1-5-19-9/h1-5,8H,6-7H2,(H,13,14,16). The van der Waals surface area contributed by atoms with Crippen LogP contribution >= 0.6 is 11.3 Å². The van der Waals surface area contributed by atoms with Gasteiger partial charge >= 0.3 is 0 Å². The van der Waals surface area contributed by atoms with Gasteiger partial charge in [-0.05, 0) is 11.4 Å². The molecule has 7 heteroatoms. The molecule has 0 spiro atoms. The number of rotatable bonds is 3. The summed E-state index contributed by atoms with van der Waals surface area (Å²) in [4.78, 5) is 26.1. The summed E-state index contributed by atoms with van der Waals surface area (Å²) < 4.78 is 4.63. The topological polar surface area (TPSA) is 75.4 Å². The van der Waals surface area contributed by atoms with E-state index in [1.54, 1.807) is 17.0 Å². The number of aromatic nitrogens is 1. The lowest BCUT2D eigenvalue weighted by Crippen LogP contribution is -2.54. The molecule has 1 N–H and O–H groups in total. The summed E-state index contributed by atoms with van der Waals surface area (Å²) in [5, 5.41) is 8.11. The van der Waals surface area contributed by atoms with Gasteiger partial charge in [-0.1, -0.05) is 11.2 Å². The van der Waals surface area contributed by atoms with E-state index in [4.69, 9.17) is 0 Å². The number of likely N-dealkylation sites (tertiary alicyclic amines) is 1. The molecule has 1 aliphatic heterocycles. The molecule has 1 fully saturated rings. The third kappa shape index (κ3) is 2.37. The Morgan fingerprint density at radius 1 is 1.42 bits per heavy atom. The molecule has 98 valence electrons. The van der Waals surface area contributed by atoms with Crippen molar-refractivity contribution in [2.45, 2.75) is 0 Å². The van der Waals surface area contributed by atoms with Crippen molar-refractivity contribution in [1.82, 2.24) is 10.1 Å². The van der Waals surface area contributed by atoms with Crippen LogP contribution in [0.1, 0.15) is 9.67 Å². The minimum Gasteiger partial charge on any atom is -0.363 e. The number of thiophene rings is 1. The van der Waals surface area contributed by atoms with Crippen LogP contribution in [0.4, 0.5) is 5.82 Å². The monoisotopic (exact) mass is 277 g/mol. The van der Waals surface area contributed by atoms with Gasteiger partial charge in [-0.2, -0.15) is 0 Å². The molecule has 19 heavy (non-hydrogen) atoms. The van der Waals surface area contributed by atoms with Gasteiger partial charge in [-0.3, -0.25) is 9.59 Å². The fourth-order valence-corrected chi connectivity index (χ4v) is 2.56. The zero-order chi connectivity index (χ0) is 13.2. The number of anilines is 1. The first-order chi connectivity index (χ1) is 9.24. The Kier molecular flexibility index (Phi) is 3.04. The molecule has 2 aromatic heterocycles. The molecule has 1 saturated heterocycles. The molecule has 0 aliphatic carbocycles. The Bertz CT molecular complexity index is 573. The lowest BCUT2D eigenvalue weighted by Gasteiger charge is -2.37. The molecule has 0 aromatic carbocycles. The molecule has 0 saturated carbocycles. The van der Waals surface area contributed by atoms with Crippen LogP contribution in [0.15, 0.2) is 34.4 Å². The van der Waals surface area contributed by atoms with E-state index in [1.807, 2.05) is 11.4 Å². The van der Waals surface area contributed by atoms with Crippen molar-refractivity contribution in [3.63, 3.8) is 0 Å². The van der Waals surface area contributed by atoms with Crippen molar-refractivity contribution in [2.24, 2.45) is 5.92 Å². The molecule has 2 amide bonds. The van der Waals surface area contributed by atoms with Crippen LogP contribution in [0.25, 0.3) is 0 Å². The second-order valence-corrected chi connectivity index (χ2v) is 5.21. The number of hydrogen-bond donors (Lipinski definition) is 1. The van der Waals surface area contributed by atoms with E-state index in [1.165, 1.54) is 17.6 Å². The molecule has 1 aliphatic rings. The first kappa shape index (κ1) is 11.9. The number of carbonyl (C=O) groups is 2. The highest BCUT2D eigenvalue weighted by atomic mass is 32.1. The van der Waals surface area contributed by atoms with E-state index in [0.717, 1.165) is 0 Å². The molecule has 3 heterocycles. The quantitative estimate of drug-likeness (QED) is 0.921. The SMILES string of the molecule is O=C(Nc1ccon1)C1CN(C(=O)c2cccs2)C1. The minimum absolute atomic E-state index is 0.0134. The summed E-state index contributed by atoms with van der Waals surface area (Å²) in [5.41, 5.74) is 0. The van der Waals surface area contributed by atoms with Crippen LogP contribution in [0.5, 0.6) is 0 Å². The Hall–Kier alpha value is -2.15. The average molecular weight is 277 g/mol. The lowest BCUT2D eigenvalue weighted by atomic mass is 9.99. The van der Waals surface area contributed by atoms with Gasteiger partial charge in [0.2, 0.25) is 5.91 Å². The highest BCUT2D eigenvalue weighted by Gasteiger charge is 2.36. The van der Waals surface area contributed by atoms with Gasteiger partial charge in [0.1, 0.15) is 6.26 Å². The largest absolute Gasteiger partial charge is 0.363 e. The fraction of sp³-hybridized carbons (Fsp3) is 0.250. The van der Waals surface area contributed by atoms with Crippen molar-refractivity contribution in [3.8, 4) is 0 Å². The molecule has 3 rings (SSSR count).